The van der Waals surface area contributed by atoms with E-state index in [2.05, 4.69) is 24.8 Å². The standard InChI is InChI=1S/C11H12OS2/c12-11(14)8-10(13)7-6-9-4-2-1-3-5-9/h1-5H,6-8H2,(H,12,14). The van der Waals surface area contributed by atoms with Crippen LogP contribution in [-0.2, 0) is 11.2 Å². The molecule has 0 amide bonds. The summed E-state index contributed by atoms with van der Waals surface area (Å²) in [5.74, 6) is 0. The highest BCUT2D eigenvalue weighted by Gasteiger charge is 2.01. The van der Waals surface area contributed by atoms with Gasteiger partial charge in [0.25, 0.3) is 0 Å². The summed E-state index contributed by atoms with van der Waals surface area (Å²) in [5, 5.41) is -0.150. The predicted molar refractivity (Wildman–Crippen MR) is 66.0 cm³/mol. The van der Waals surface area contributed by atoms with Crippen LogP contribution < -0.4 is 0 Å². The van der Waals surface area contributed by atoms with Crippen LogP contribution in [0, 0.1) is 0 Å². The van der Waals surface area contributed by atoms with Crippen LogP contribution in [0.1, 0.15) is 18.4 Å². The minimum absolute atomic E-state index is 0.150. The van der Waals surface area contributed by atoms with Crippen LogP contribution in [-0.4, -0.2) is 9.98 Å². The van der Waals surface area contributed by atoms with Gasteiger partial charge in [-0.15, -0.1) is 12.6 Å². The molecule has 0 aliphatic heterocycles. The van der Waals surface area contributed by atoms with Gasteiger partial charge in [-0.1, -0.05) is 42.5 Å². The van der Waals surface area contributed by atoms with E-state index in [1.54, 1.807) is 0 Å². The Hall–Kier alpha value is -0.670. The Balaban J connectivity index is 2.34. The van der Waals surface area contributed by atoms with Crippen LogP contribution >= 0.6 is 24.8 Å². The molecule has 0 saturated carbocycles. The van der Waals surface area contributed by atoms with Crippen molar-refractivity contribution in [2.24, 2.45) is 0 Å². The fourth-order valence-corrected chi connectivity index (χ4v) is 1.72. The fraction of sp³-hybridized carbons (Fsp3) is 0.273. The highest BCUT2D eigenvalue weighted by molar-refractivity contribution is 7.96. The molecule has 1 aromatic rings. The average Bonchev–Trinajstić information content (AvgIpc) is 2.15. The molecular weight excluding hydrogens is 212 g/mol. The van der Waals surface area contributed by atoms with Crippen molar-refractivity contribution in [1.82, 2.24) is 0 Å². The second-order valence-electron chi connectivity index (χ2n) is 3.09. The molecule has 0 unspecified atom stereocenters. The molecule has 1 rings (SSSR count). The first-order valence-corrected chi connectivity index (χ1v) is 5.31. The van der Waals surface area contributed by atoms with E-state index in [0.29, 0.717) is 6.42 Å². The lowest BCUT2D eigenvalue weighted by atomic mass is 10.1. The van der Waals surface area contributed by atoms with Gasteiger partial charge in [0.2, 0.25) is 0 Å². The van der Waals surface area contributed by atoms with Crippen LogP contribution in [0.15, 0.2) is 30.3 Å². The molecule has 0 atom stereocenters. The summed E-state index contributed by atoms with van der Waals surface area (Å²) in [7, 11) is 0. The first-order chi connectivity index (χ1) is 6.68. The minimum atomic E-state index is -0.150. The van der Waals surface area contributed by atoms with E-state index in [1.807, 2.05) is 18.2 Å². The summed E-state index contributed by atoms with van der Waals surface area (Å²) in [5.41, 5.74) is 1.25. The van der Waals surface area contributed by atoms with E-state index in [1.165, 1.54) is 5.56 Å². The minimum Gasteiger partial charge on any atom is -0.287 e. The summed E-state index contributed by atoms with van der Waals surface area (Å²) >= 11 is 8.75. The van der Waals surface area contributed by atoms with Gasteiger partial charge in [-0.25, -0.2) is 0 Å². The SMILES string of the molecule is O=C(S)CC(=S)CCc1ccccc1. The lowest BCUT2D eigenvalue weighted by Gasteiger charge is -2.01. The molecule has 0 aliphatic rings. The number of hydrogen-bond donors (Lipinski definition) is 1. The first kappa shape index (κ1) is 11.4. The van der Waals surface area contributed by atoms with Gasteiger partial charge in [-0.2, -0.15) is 0 Å². The summed E-state index contributed by atoms with van der Waals surface area (Å²) in [4.78, 5) is 11.4. The molecule has 0 fully saturated rings. The lowest BCUT2D eigenvalue weighted by molar-refractivity contribution is -0.109. The van der Waals surface area contributed by atoms with Crippen molar-refractivity contribution in [2.45, 2.75) is 19.3 Å². The van der Waals surface area contributed by atoms with E-state index < -0.39 is 0 Å². The lowest BCUT2D eigenvalue weighted by Crippen LogP contribution is -2.01. The molecular formula is C11H12OS2. The van der Waals surface area contributed by atoms with E-state index >= 15 is 0 Å². The molecule has 74 valence electrons. The zero-order chi connectivity index (χ0) is 10.4. The zero-order valence-corrected chi connectivity index (χ0v) is 9.48. The summed E-state index contributed by atoms with van der Waals surface area (Å²) < 4.78 is 0. The van der Waals surface area contributed by atoms with Gasteiger partial charge in [0.05, 0.1) is 0 Å². The largest absolute Gasteiger partial charge is 0.287 e. The van der Waals surface area contributed by atoms with Crippen molar-refractivity contribution in [3.05, 3.63) is 35.9 Å². The number of thiol groups is 1. The molecule has 0 saturated heterocycles. The molecule has 0 radical (unpaired) electrons. The average molecular weight is 224 g/mol. The summed E-state index contributed by atoms with van der Waals surface area (Å²) in [6, 6.07) is 10.1. The van der Waals surface area contributed by atoms with Crippen molar-refractivity contribution in [3.8, 4) is 0 Å². The molecule has 0 bridgehead atoms. The number of rotatable bonds is 5. The van der Waals surface area contributed by atoms with Gasteiger partial charge in [-0.3, -0.25) is 4.79 Å². The Morgan fingerprint density at radius 3 is 2.50 bits per heavy atom. The van der Waals surface area contributed by atoms with Crippen molar-refractivity contribution >= 4 is 34.8 Å². The highest BCUT2D eigenvalue weighted by Crippen LogP contribution is 2.06. The number of carbonyl (C=O) groups is 1. The number of carbonyl (C=O) groups excluding carboxylic acids is 1. The Morgan fingerprint density at radius 1 is 1.29 bits per heavy atom. The highest BCUT2D eigenvalue weighted by atomic mass is 32.1. The van der Waals surface area contributed by atoms with E-state index in [9.17, 15) is 4.79 Å². The Morgan fingerprint density at radius 2 is 1.93 bits per heavy atom. The van der Waals surface area contributed by atoms with Crippen LogP contribution in [0.4, 0.5) is 0 Å². The first-order valence-electron chi connectivity index (χ1n) is 4.46. The Labute approximate surface area is 94.9 Å². The van der Waals surface area contributed by atoms with Gasteiger partial charge in [0.1, 0.15) is 0 Å². The zero-order valence-electron chi connectivity index (χ0n) is 7.77. The molecule has 0 aromatic heterocycles. The van der Waals surface area contributed by atoms with E-state index in [0.717, 1.165) is 17.7 Å². The maximum atomic E-state index is 10.6. The monoisotopic (exact) mass is 224 g/mol. The second kappa shape index (κ2) is 5.94. The number of benzene rings is 1. The fourth-order valence-electron chi connectivity index (χ4n) is 1.19. The topological polar surface area (TPSA) is 17.1 Å². The van der Waals surface area contributed by atoms with Crippen molar-refractivity contribution in [2.75, 3.05) is 0 Å². The summed E-state index contributed by atoms with van der Waals surface area (Å²) in [6.45, 7) is 0. The summed E-state index contributed by atoms with van der Waals surface area (Å²) in [6.07, 6.45) is 2.00. The Kier molecular flexibility index (Phi) is 4.84. The predicted octanol–water partition coefficient (Wildman–Crippen LogP) is 2.84. The molecule has 3 heteroatoms. The van der Waals surface area contributed by atoms with Gasteiger partial charge < -0.3 is 0 Å². The third-order valence-corrected chi connectivity index (χ3v) is 2.39. The Bertz CT molecular complexity index is 319. The molecule has 0 spiro atoms. The van der Waals surface area contributed by atoms with E-state index in [4.69, 9.17) is 12.2 Å². The molecule has 14 heavy (non-hydrogen) atoms. The quantitative estimate of drug-likeness (QED) is 0.612. The molecule has 1 nitrogen and oxygen atoms in total. The van der Waals surface area contributed by atoms with E-state index in [-0.39, 0.29) is 5.12 Å². The van der Waals surface area contributed by atoms with Gasteiger partial charge in [0.15, 0.2) is 5.12 Å². The van der Waals surface area contributed by atoms with Crippen LogP contribution in [0.2, 0.25) is 0 Å². The number of aryl methyl sites for hydroxylation is 1. The maximum Gasteiger partial charge on any atom is 0.190 e. The van der Waals surface area contributed by atoms with Gasteiger partial charge in [-0.05, 0) is 18.4 Å². The van der Waals surface area contributed by atoms with Crippen molar-refractivity contribution < 1.29 is 4.79 Å². The number of thiocarbonyl (C=S) groups is 1. The van der Waals surface area contributed by atoms with Crippen LogP contribution in [0.3, 0.4) is 0 Å². The van der Waals surface area contributed by atoms with Crippen molar-refractivity contribution in [3.63, 3.8) is 0 Å². The van der Waals surface area contributed by atoms with Gasteiger partial charge >= 0.3 is 0 Å². The normalized spacial score (nSPS) is 9.79. The smallest absolute Gasteiger partial charge is 0.190 e. The molecule has 0 N–H and O–H groups in total. The second-order valence-corrected chi connectivity index (χ2v) is 4.17. The van der Waals surface area contributed by atoms with Crippen LogP contribution in [0.25, 0.3) is 0 Å². The van der Waals surface area contributed by atoms with Crippen molar-refractivity contribution in [1.29, 1.82) is 0 Å². The molecule has 0 heterocycles. The third kappa shape index (κ3) is 4.53. The molecule has 1 aromatic carbocycles. The third-order valence-electron chi connectivity index (χ3n) is 1.88. The number of hydrogen-bond acceptors (Lipinski definition) is 2. The van der Waals surface area contributed by atoms with Crippen LogP contribution in [0.5, 0.6) is 0 Å². The van der Waals surface area contributed by atoms with Gasteiger partial charge in [0, 0.05) is 11.3 Å². The molecule has 0 aliphatic carbocycles. The maximum absolute atomic E-state index is 10.6.